The Morgan fingerprint density at radius 1 is 1.35 bits per heavy atom. The lowest BCUT2D eigenvalue weighted by Gasteiger charge is -2.14. The lowest BCUT2D eigenvalue weighted by Crippen LogP contribution is -2.25. The van der Waals surface area contributed by atoms with E-state index in [4.69, 9.17) is 21.4 Å². The van der Waals surface area contributed by atoms with Gasteiger partial charge in [0.1, 0.15) is 5.82 Å². The molecule has 0 fully saturated rings. The molecule has 2 aromatic rings. The zero-order valence-electron chi connectivity index (χ0n) is 16.2. The van der Waals surface area contributed by atoms with Crippen LogP contribution < -0.4 is 16.8 Å². The van der Waals surface area contributed by atoms with Crippen molar-refractivity contribution < 1.29 is 0 Å². The van der Waals surface area contributed by atoms with Crippen molar-refractivity contribution in [3.63, 3.8) is 0 Å². The highest BCUT2D eigenvalue weighted by atomic mass is 32.1. The van der Waals surface area contributed by atoms with E-state index in [-0.39, 0.29) is 11.5 Å². The van der Waals surface area contributed by atoms with E-state index >= 15 is 0 Å². The fourth-order valence-corrected chi connectivity index (χ4v) is 3.43. The van der Waals surface area contributed by atoms with Crippen molar-refractivity contribution in [1.82, 2.24) is 9.97 Å². The molecule has 0 saturated carbocycles. The summed E-state index contributed by atoms with van der Waals surface area (Å²) in [6.45, 7) is 11.2. The Bertz CT molecular complexity index is 838. The Labute approximate surface area is 159 Å². The number of rotatable bonds is 6. The van der Waals surface area contributed by atoms with E-state index in [0.717, 1.165) is 21.6 Å². The van der Waals surface area contributed by atoms with E-state index in [1.54, 1.807) is 11.3 Å². The van der Waals surface area contributed by atoms with Crippen LogP contribution in [0.4, 0.5) is 5.82 Å². The van der Waals surface area contributed by atoms with Gasteiger partial charge in [-0.3, -0.25) is 0 Å². The van der Waals surface area contributed by atoms with Gasteiger partial charge < -0.3 is 16.8 Å². The van der Waals surface area contributed by atoms with Gasteiger partial charge in [-0.1, -0.05) is 39.0 Å². The maximum atomic E-state index is 5.92. The Morgan fingerprint density at radius 2 is 2.08 bits per heavy atom. The van der Waals surface area contributed by atoms with E-state index in [9.17, 15) is 0 Å². The Balaban J connectivity index is 2.64. The molecule has 2 rings (SSSR count). The van der Waals surface area contributed by atoms with Crippen LogP contribution in [0.15, 0.2) is 36.6 Å². The molecule has 0 saturated heterocycles. The minimum absolute atomic E-state index is 0.0347. The molecular weight excluding hydrogens is 342 g/mol. The van der Waals surface area contributed by atoms with Crippen molar-refractivity contribution in [2.24, 2.45) is 11.5 Å². The highest BCUT2D eigenvalue weighted by molar-refractivity contribution is 7.19. The molecule has 140 valence electrons. The lowest BCUT2D eigenvalue weighted by molar-refractivity contribution is 0.604. The van der Waals surface area contributed by atoms with Crippen LogP contribution in [0.25, 0.3) is 15.8 Å². The standard InChI is InChI=1S/C20H29N5S/c1-6-7-8-14(9-10-21)18-24-15-11-16(20(3,4)5)26-17(15)19(25-18)23-12-13(2)22/h6-11,13H,12,21-22H2,1-5H3,(H,23,24,25)/b7-6+,10-9-,14-8+/t13-/m0/s1. The molecule has 5 nitrogen and oxygen atoms in total. The quantitative estimate of drug-likeness (QED) is 0.663. The number of hydrogen-bond acceptors (Lipinski definition) is 6. The first-order valence-electron chi connectivity index (χ1n) is 8.79. The second-order valence-electron chi connectivity index (χ2n) is 7.34. The third kappa shape index (κ3) is 4.93. The summed E-state index contributed by atoms with van der Waals surface area (Å²) in [5.74, 6) is 1.46. The van der Waals surface area contributed by atoms with Gasteiger partial charge in [-0.2, -0.15) is 0 Å². The second kappa shape index (κ2) is 8.47. The van der Waals surface area contributed by atoms with Gasteiger partial charge in [-0.15, -0.1) is 11.3 Å². The zero-order chi connectivity index (χ0) is 19.3. The van der Waals surface area contributed by atoms with Crippen LogP contribution in [0.2, 0.25) is 0 Å². The van der Waals surface area contributed by atoms with Gasteiger partial charge in [0, 0.05) is 23.0 Å². The van der Waals surface area contributed by atoms with Crippen LogP contribution in [0.5, 0.6) is 0 Å². The average molecular weight is 372 g/mol. The summed E-state index contributed by atoms with van der Waals surface area (Å²) < 4.78 is 1.06. The van der Waals surface area contributed by atoms with Crippen molar-refractivity contribution in [2.45, 2.75) is 46.1 Å². The SMILES string of the molecule is C/C=C/C=C(\C=C/N)c1nc(NC[C@H](C)N)c2sc(C(C)(C)C)cc2n1. The molecule has 0 amide bonds. The summed E-state index contributed by atoms with van der Waals surface area (Å²) >= 11 is 1.73. The van der Waals surface area contributed by atoms with Gasteiger partial charge in [-0.25, -0.2) is 9.97 Å². The number of aromatic nitrogens is 2. The van der Waals surface area contributed by atoms with Crippen LogP contribution in [0.1, 0.15) is 45.3 Å². The van der Waals surface area contributed by atoms with Gasteiger partial charge in [0.2, 0.25) is 0 Å². The maximum absolute atomic E-state index is 5.92. The van der Waals surface area contributed by atoms with E-state index in [0.29, 0.717) is 12.4 Å². The number of nitrogens with one attached hydrogen (secondary N) is 1. The first kappa shape index (κ1) is 20.1. The van der Waals surface area contributed by atoms with Crippen LogP contribution in [-0.2, 0) is 5.41 Å². The molecule has 0 bridgehead atoms. The van der Waals surface area contributed by atoms with Crippen LogP contribution >= 0.6 is 11.3 Å². The summed E-state index contributed by atoms with van der Waals surface area (Å²) in [7, 11) is 0. The van der Waals surface area contributed by atoms with Crippen LogP contribution in [0, 0.1) is 0 Å². The van der Waals surface area contributed by atoms with Crippen molar-refractivity contribution in [3.05, 3.63) is 47.3 Å². The van der Waals surface area contributed by atoms with E-state index in [1.807, 2.05) is 38.2 Å². The molecule has 0 aromatic carbocycles. The summed E-state index contributed by atoms with van der Waals surface area (Å²) in [6, 6.07) is 2.19. The molecule has 2 aromatic heterocycles. The minimum atomic E-state index is 0.0347. The topological polar surface area (TPSA) is 89.8 Å². The third-order valence-electron chi connectivity index (χ3n) is 3.70. The Kier molecular flexibility index (Phi) is 6.56. The van der Waals surface area contributed by atoms with Crippen molar-refractivity contribution >= 4 is 32.9 Å². The molecule has 0 spiro atoms. The zero-order valence-corrected chi connectivity index (χ0v) is 17.0. The highest BCUT2D eigenvalue weighted by Gasteiger charge is 2.20. The molecule has 1 atom stereocenters. The smallest absolute Gasteiger partial charge is 0.162 e. The minimum Gasteiger partial charge on any atom is -0.405 e. The first-order valence-corrected chi connectivity index (χ1v) is 9.61. The number of nitrogens with zero attached hydrogens (tertiary/aromatic N) is 2. The molecule has 6 heteroatoms. The fourth-order valence-electron chi connectivity index (χ4n) is 2.31. The van der Waals surface area contributed by atoms with E-state index < -0.39 is 0 Å². The van der Waals surface area contributed by atoms with Crippen molar-refractivity contribution in [3.8, 4) is 0 Å². The fraction of sp³-hybridized carbons (Fsp3) is 0.400. The van der Waals surface area contributed by atoms with Crippen molar-refractivity contribution in [1.29, 1.82) is 0 Å². The van der Waals surface area contributed by atoms with Crippen molar-refractivity contribution in [2.75, 3.05) is 11.9 Å². The van der Waals surface area contributed by atoms with Gasteiger partial charge in [-0.05, 0) is 37.6 Å². The third-order valence-corrected chi connectivity index (χ3v) is 5.26. The molecule has 5 N–H and O–H groups in total. The predicted molar refractivity (Wildman–Crippen MR) is 114 cm³/mol. The van der Waals surface area contributed by atoms with E-state index in [2.05, 4.69) is 32.2 Å². The summed E-state index contributed by atoms with van der Waals surface area (Å²) in [6.07, 6.45) is 9.18. The Hall–Kier alpha value is -2.18. The molecule has 2 heterocycles. The van der Waals surface area contributed by atoms with Gasteiger partial charge in [0.05, 0.1) is 10.2 Å². The summed E-state index contributed by atoms with van der Waals surface area (Å²) in [4.78, 5) is 10.8. The maximum Gasteiger partial charge on any atom is 0.162 e. The van der Waals surface area contributed by atoms with Gasteiger partial charge in [0.25, 0.3) is 0 Å². The number of anilines is 1. The molecule has 0 aliphatic carbocycles. The largest absolute Gasteiger partial charge is 0.405 e. The second-order valence-corrected chi connectivity index (χ2v) is 8.39. The Morgan fingerprint density at radius 3 is 2.65 bits per heavy atom. The number of allylic oxidation sites excluding steroid dienone is 5. The molecule has 0 aliphatic heterocycles. The lowest BCUT2D eigenvalue weighted by atomic mass is 9.95. The average Bonchev–Trinajstić information content (AvgIpc) is 3.00. The number of nitrogens with two attached hydrogens (primary N) is 2. The van der Waals surface area contributed by atoms with Gasteiger partial charge in [0.15, 0.2) is 5.82 Å². The van der Waals surface area contributed by atoms with Gasteiger partial charge >= 0.3 is 0 Å². The normalized spacial score (nSPS) is 14.6. The molecule has 0 unspecified atom stereocenters. The molecule has 26 heavy (non-hydrogen) atoms. The summed E-state index contributed by atoms with van der Waals surface area (Å²) in [5, 5.41) is 3.38. The first-order chi connectivity index (χ1) is 12.3. The molecule has 0 aliphatic rings. The summed E-state index contributed by atoms with van der Waals surface area (Å²) in [5.41, 5.74) is 13.4. The van der Waals surface area contributed by atoms with Crippen LogP contribution in [0.3, 0.4) is 0 Å². The number of fused-ring (bicyclic) bond motifs is 1. The number of hydrogen-bond donors (Lipinski definition) is 3. The molecule has 0 radical (unpaired) electrons. The highest BCUT2D eigenvalue weighted by Crippen LogP contribution is 2.37. The molecular formula is C20H29N5S. The van der Waals surface area contributed by atoms with E-state index in [1.165, 1.54) is 11.1 Å². The van der Waals surface area contributed by atoms with Crippen LogP contribution in [-0.4, -0.2) is 22.6 Å². The number of thiophene rings is 1. The predicted octanol–water partition coefficient (Wildman–Crippen LogP) is 4.18. The monoisotopic (exact) mass is 371 g/mol.